The molecule has 28 heavy (non-hydrogen) atoms. The number of aromatic nitrogens is 1. The van der Waals surface area contributed by atoms with Crippen molar-refractivity contribution in [2.75, 3.05) is 13.2 Å². The Labute approximate surface area is 167 Å². The van der Waals surface area contributed by atoms with E-state index in [1.807, 2.05) is 23.6 Å². The van der Waals surface area contributed by atoms with E-state index < -0.39 is 23.7 Å². The second-order valence-electron chi connectivity index (χ2n) is 7.75. The van der Waals surface area contributed by atoms with E-state index in [0.717, 1.165) is 10.6 Å². The predicted octanol–water partition coefficient (Wildman–Crippen LogP) is 3.90. The highest BCUT2D eigenvalue weighted by molar-refractivity contribution is 7.13. The second kappa shape index (κ2) is 8.18. The summed E-state index contributed by atoms with van der Waals surface area (Å²) in [7, 11) is 0. The fraction of sp³-hybridized carbons (Fsp3) is 0.450. The number of ether oxygens (including phenoxy) is 2. The number of carboxylic acid groups (broad SMARTS) is 1. The van der Waals surface area contributed by atoms with Gasteiger partial charge in [0.25, 0.3) is 0 Å². The van der Waals surface area contributed by atoms with Crippen molar-refractivity contribution in [1.29, 1.82) is 0 Å². The molecule has 0 unspecified atom stereocenters. The Bertz CT molecular complexity index is 831. The monoisotopic (exact) mass is 404 g/mol. The number of hydrogen-bond acceptors (Lipinski definition) is 6. The molecule has 1 fully saturated rings. The molecule has 1 N–H and O–H groups in total. The van der Waals surface area contributed by atoms with E-state index in [-0.39, 0.29) is 12.5 Å². The van der Waals surface area contributed by atoms with Crippen LogP contribution in [0.5, 0.6) is 5.75 Å². The van der Waals surface area contributed by atoms with E-state index in [9.17, 15) is 14.7 Å². The van der Waals surface area contributed by atoms with Crippen molar-refractivity contribution in [1.82, 2.24) is 9.88 Å². The zero-order chi connectivity index (χ0) is 20.3. The molecular formula is C20H24N2O5S. The number of thiophene rings is 1. The van der Waals surface area contributed by atoms with Gasteiger partial charge in [0.1, 0.15) is 17.4 Å². The molecule has 1 aliphatic rings. The number of likely N-dealkylation sites (tertiary alicyclic amines) is 1. The number of carboxylic acids is 1. The molecule has 0 bridgehead atoms. The third kappa shape index (κ3) is 5.01. The molecule has 150 valence electrons. The lowest BCUT2D eigenvalue weighted by atomic mass is 10.1. The zero-order valence-corrected chi connectivity index (χ0v) is 16.9. The van der Waals surface area contributed by atoms with Crippen LogP contribution in [0.1, 0.15) is 27.2 Å². The average molecular weight is 404 g/mol. The molecule has 1 amide bonds. The van der Waals surface area contributed by atoms with Gasteiger partial charge in [-0.25, -0.2) is 9.59 Å². The maximum atomic E-state index is 12.4. The van der Waals surface area contributed by atoms with E-state index in [2.05, 4.69) is 4.98 Å². The van der Waals surface area contributed by atoms with Gasteiger partial charge in [0.15, 0.2) is 0 Å². The maximum Gasteiger partial charge on any atom is 0.411 e. The first kappa shape index (κ1) is 20.1. The summed E-state index contributed by atoms with van der Waals surface area (Å²) in [6.45, 7) is 5.87. The lowest BCUT2D eigenvalue weighted by Crippen LogP contribution is -2.43. The van der Waals surface area contributed by atoms with Gasteiger partial charge in [-0.05, 0) is 44.7 Å². The highest BCUT2D eigenvalue weighted by Crippen LogP contribution is 2.28. The molecule has 1 aliphatic heterocycles. The number of nitrogens with zero attached hydrogens (tertiary/aromatic N) is 2. The highest BCUT2D eigenvalue weighted by Gasteiger charge is 2.41. The van der Waals surface area contributed by atoms with E-state index in [1.165, 1.54) is 4.90 Å². The fourth-order valence-electron chi connectivity index (χ4n) is 3.07. The number of carbonyl (C=O) groups excluding carboxylic acids is 1. The van der Waals surface area contributed by atoms with Crippen molar-refractivity contribution in [2.45, 2.75) is 38.8 Å². The van der Waals surface area contributed by atoms with Crippen LogP contribution in [0.15, 0.2) is 35.8 Å². The average Bonchev–Trinajstić information content (AvgIpc) is 3.29. The third-order valence-electron chi connectivity index (χ3n) is 4.29. The lowest BCUT2D eigenvalue weighted by molar-refractivity contribution is -0.142. The minimum absolute atomic E-state index is 0.0908. The summed E-state index contributed by atoms with van der Waals surface area (Å²) in [4.78, 5) is 30.6. The van der Waals surface area contributed by atoms with E-state index in [4.69, 9.17) is 9.47 Å². The predicted molar refractivity (Wildman–Crippen MR) is 106 cm³/mol. The topological polar surface area (TPSA) is 89.0 Å². The summed E-state index contributed by atoms with van der Waals surface area (Å²) >= 11 is 1.60. The molecule has 2 aromatic heterocycles. The Balaban J connectivity index is 1.63. The smallest absolute Gasteiger partial charge is 0.411 e. The van der Waals surface area contributed by atoms with Crippen LogP contribution < -0.4 is 4.74 Å². The van der Waals surface area contributed by atoms with Crippen LogP contribution >= 0.6 is 11.3 Å². The zero-order valence-electron chi connectivity index (χ0n) is 16.1. The van der Waals surface area contributed by atoms with Gasteiger partial charge in [-0.2, -0.15) is 0 Å². The molecule has 0 radical (unpaired) electrons. The van der Waals surface area contributed by atoms with Crippen molar-refractivity contribution in [2.24, 2.45) is 5.92 Å². The van der Waals surface area contributed by atoms with Gasteiger partial charge in [0.2, 0.25) is 0 Å². The molecule has 0 saturated carbocycles. The number of carbonyl (C=O) groups is 2. The van der Waals surface area contributed by atoms with Gasteiger partial charge in [0, 0.05) is 24.7 Å². The van der Waals surface area contributed by atoms with Crippen LogP contribution in [0.2, 0.25) is 0 Å². The first-order valence-electron chi connectivity index (χ1n) is 9.08. The lowest BCUT2D eigenvalue weighted by Gasteiger charge is -2.26. The highest BCUT2D eigenvalue weighted by atomic mass is 32.1. The van der Waals surface area contributed by atoms with Crippen LogP contribution in [-0.2, 0) is 9.53 Å². The van der Waals surface area contributed by atoms with Crippen molar-refractivity contribution >= 4 is 23.4 Å². The Morgan fingerprint density at radius 1 is 1.36 bits per heavy atom. The minimum Gasteiger partial charge on any atom is -0.493 e. The summed E-state index contributed by atoms with van der Waals surface area (Å²) in [5.74, 6) is -0.454. The van der Waals surface area contributed by atoms with Crippen LogP contribution in [0.4, 0.5) is 4.79 Å². The van der Waals surface area contributed by atoms with Gasteiger partial charge in [0.05, 0.1) is 17.2 Å². The molecule has 0 spiro atoms. The second-order valence-corrected chi connectivity index (χ2v) is 8.70. The molecule has 3 heterocycles. The first-order chi connectivity index (χ1) is 13.2. The number of pyridine rings is 1. The molecule has 8 heteroatoms. The Morgan fingerprint density at radius 2 is 2.14 bits per heavy atom. The third-order valence-corrected chi connectivity index (χ3v) is 5.18. The fourth-order valence-corrected chi connectivity index (χ4v) is 3.77. The van der Waals surface area contributed by atoms with E-state index >= 15 is 0 Å². The van der Waals surface area contributed by atoms with E-state index in [1.54, 1.807) is 44.4 Å². The van der Waals surface area contributed by atoms with Gasteiger partial charge < -0.3 is 14.6 Å². The van der Waals surface area contributed by atoms with Gasteiger partial charge in [-0.1, -0.05) is 6.07 Å². The molecule has 1 saturated heterocycles. The van der Waals surface area contributed by atoms with Crippen molar-refractivity contribution < 1.29 is 24.2 Å². The SMILES string of the molecule is CC(C)(C)OC(=O)N1C[C@H](COc2ccnc(-c3cccs3)c2)C[C@H]1C(=O)O. The van der Waals surface area contributed by atoms with Crippen LogP contribution in [0.25, 0.3) is 10.6 Å². The molecule has 2 atom stereocenters. The Hall–Kier alpha value is -2.61. The maximum absolute atomic E-state index is 12.4. The normalized spacial score (nSPS) is 19.5. The first-order valence-corrected chi connectivity index (χ1v) is 9.96. The van der Waals surface area contributed by atoms with Crippen LogP contribution in [0, 0.1) is 5.92 Å². The van der Waals surface area contributed by atoms with Crippen LogP contribution in [-0.4, -0.2) is 51.8 Å². The number of rotatable bonds is 5. The largest absolute Gasteiger partial charge is 0.493 e. The summed E-state index contributed by atoms with van der Waals surface area (Å²) in [5.41, 5.74) is 0.155. The molecular weight excluding hydrogens is 380 g/mol. The number of hydrogen-bond donors (Lipinski definition) is 1. The number of amides is 1. The number of aliphatic carboxylic acids is 1. The summed E-state index contributed by atoms with van der Waals surface area (Å²) in [6.07, 6.45) is 1.41. The molecule has 0 aliphatic carbocycles. The van der Waals surface area contributed by atoms with Gasteiger partial charge in [-0.15, -0.1) is 11.3 Å². The molecule has 0 aromatic carbocycles. The quantitative estimate of drug-likeness (QED) is 0.813. The molecule has 7 nitrogen and oxygen atoms in total. The molecule has 2 aromatic rings. The molecule has 3 rings (SSSR count). The summed E-state index contributed by atoms with van der Waals surface area (Å²) in [5, 5.41) is 11.5. The van der Waals surface area contributed by atoms with Crippen LogP contribution in [0.3, 0.4) is 0 Å². The van der Waals surface area contributed by atoms with Crippen molar-refractivity contribution in [3.05, 3.63) is 35.8 Å². The summed E-state index contributed by atoms with van der Waals surface area (Å²) < 4.78 is 11.2. The van der Waals surface area contributed by atoms with Gasteiger partial charge >= 0.3 is 12.1 Å². The Morgan fingerprint density at radius 3 is 2.79 bits per heavy atom. The van der Waals surface area contributed by atoms with Crippen molar-refractivity contribution in [3.63, 3.8) is 0 Å². The Kier molecular flexibility index (Phi) is 5.88. The van der Waals surface area contributed by atoms with E-state index in [0.29, 0.717) is 18.8 Å². The van der Waals surface area contributed by atoms with Crippen molar-refractivity contribution in [3.8, 4) is 16.3 Å². The van der Waals surface area contributed by atoms with Gasteiger partial charge in [-0.3, -0.25) is 9.88 Å². The minimum atomic E-state index is -1.03. The summed E-state index contributed by atoms with van der Waals surface area (Å²) in [6, 6.07) is 6.69. The standard InChI is InChI=1S/C20H24N2O5S/c1-20(2,3)27-19(25)22-11-13(9-16(22)18(23)24)12-26-14-6-7-21-15(10-14)17-5-4-8-28-17/h4-8,10,13,16H,9,11-12H2,1-3H3,(H,23,24)/t13-,16+/m1/s1.